The van der Waals surface area contributed by atoms with E-state index in [-0.39, 0.29) is 22.4 Å². The number of hydrogen-bond acceptors (Lipinski definition) is 5. The van der Waals surface area contributed by atoms with Crippen LogP contribution in [-0.2, 0) is 22.1 Å². The lowest BCUT2D eigenvalue weighted by atomic mass is 10.1. The molecule has 1 saturated heterocycles. The van der Waals surface area contributed by atoms with Gasteiger partial charge in [-0.2, -0.15) is 0 Å². The van der Waals surface area contributed by atoms with Crippen molar-refractivity contribution in [3.8, 4) is 0 Å². The topological polar surface area (TPSA) is 70.6 Å². The maximum Gasteiger partial charge on any atom is 0.253 e. The fourth-order valence-electron chi connectivity index (χ4n) is 4.79. The molecule has 0 bridgehead atoms. The van der Waals surface area contributed by atoms with E-state index < -0.39 is 9.84 Å². The molecule has 0 radical (unpaired) electrons. The van der Waals surface area contributed by atoms with Gasteiger partial charge in [0.05, 0.1) is 16.2 Å². The van der Waals surface area contributed by atoms with Gasteiger partial charge in [-0.15, -0.1) is 0 Å². The van der Waals surface area contributed by atoms with E-state index in [0.717, 1.165) is 16.5 Å². The lowest BCUT2D eigenvalue weighted by Crippen LogP contribution is -2.48. The quantitative estimate of drug-likeness (QED) is 0.374. The second-order valence-electron chi connectivity index (χ2n) is 9.43. The lowest BCUT2D eigenvalue weighted by Gasteiger charge is -2.35. The fraction of sp³-hybridized carbons (Fsp3) is 0.241. The highest BCUT2D eigenvalue weighted by atomic mass is 32.2. The maximum absolute atomic E-state index is 13.5. The molecule has 1 amide bonds. The largest absolute Gasteiger partial charge is 0.336 e. The number of sulfone groups is 1. The minimum atomic E-state index is -3.64. The standard InChI is InChI=1S/C29H28FN3O3S/c1-21-17-24(29(34)33-15-13-32(14-16-33)19-22-5-2-8-26(30)18-22)10-11-25(21)20-37(35,36)27-9-3-6-23-7-4-12-31-28(23)27/h2-12,17-18H,13-16,19-20H2,1H3. The number of aryl methyl sites for hydroxylation is 1. The van der Waals surface area contributed by atoms with Gasteiger partial charge in [-0.05, 0) is 60.0 Å². The normalized spacial score (nSPS) is 14.7. The maximum atomic E-state index is 13.5. The third-order valence-corrected chi connectivity index (χ3v) is 8.51. The van der Waals surface area contributed by atoms with Crippen LogP contribution >= 0.6 is 0 Å². The van der Waals surface area contributed by atoms with E-state index in [9.17, 15) is 17.6 Å². The van der Waals surface area contributed by atoms with E-state index in [2.05, 4.69) is 9.88 Å². The van der Waals surface area contributed by atoms with Crippen LogP contribution in [0, 0.1) is 12.7 Å². The molecule has 1 aliphatic heterocycles. The number of halogens is 1. The van der Waals surface area contributed by atoms with Gasteiger partial charge in [0.2, 0.25) is 0 Å². The van der Waals surface area contributed by atoms with Gasteiger partial charge >= 0.3 is 0 Å². The second kappa shape index (κ2) is 10.4. The molecule has 1 aromatic heterocycles. The van der Waals surface area contributed by atoms with Crippen molar-refractivity contribution in [1.29, 1.82) is 0 Å². The van der Waals surface area contributed by atoms with E-state index in [1.807, 2.05) is 30.0 Å². The van der Waals surface area contributed by atoms with E-state index in [1.54, 1.807) is 54.7 Å². The summed E-state index contributed by atoms with van der Waals surface area (Å²) in [6.07, 6.45) is 1.59. The van der Waals surface area contributed by atoms with E-state index >= 15 is 0 Å². The predicted octanol–water partition coefficient (Wildman–Crippen LogP) is 4.61. The summed E-state index contributed by atoms with van der Waals surface area (Å²) >= 11 is 0. The van der Waals surface area contributed by atoms with E-state index in [1.165, 1.54) is 6.07 Å². The Kier molecular flexibility index (Phi) is 7.04. The van der Waals surface area contributed by atoms with Gasteiger partial charge < -0.3 is 4.90 Å². The summed E-state index contributed by atoms with van der Waals surface area (Å²) in [5.74, 6) is -0.477. The summed E-state index contributed by atoms with van der Waals surface area (Å²) < 4.78 is 40.0. The first-order valence-corrected chi connectivity index (χ1v) is 13.9. The van der Waals surface area contributed by atoms with Gasteiger partial charge in [0.1, 0.15) is 5.82 Å². The summed E-state index contributed by atoms with van der Waals surface area (Å²) in [6.45, 7) is 5.05. The van der Waals surface area contributed by atoms with Gasteiger partial charge in [-0.1, -0.05) is 36.4 Å². The van der Waals surface area contributed by atoms with Gasteiger partial charge in [-0.3, -0.25) is 14.7 Å². The number of carbonyl (C=O) groups excluding carboxylic acids is 1. The van der Waals surface area contributed by atoms with Crippen molar-refractivity contribution in [2.45, 2.75) is 24.1 Å². The molecule has 4 aromatic rings. The van der Waals surface area contributed by atoms with Gasteiger partial charge in [0.25, 0.3) is 5.91 Å². The SMILES string of the molecule is Cc1cc(C(=O)N2CCN(Cc3cccc(F)c3)CC2)ccc1CS(=O)(=O)c1cccc2cccnc12. The predicted molar refractivity (Wildman–Crippen MR) is 141 cm³/mol. The number of aromatic nitrogens is 1. The Morgan fingerprint density at radius 1 is 0.946 bits per heavy atom. The van der Waals surface area contributed by atoms with Gasteiger partial charge in [0, 0.05) is 49.9 Å². The number of hydrogen-bond donors (Lipinski definition) is 0. The van der Waals surface area contributed by atoms with E-state index in [4.69, 9.17) is 0 Å². The zero-order valence-corrected chi connectivity index (χ0v) is 21.4. The third-order valence-electron chi connectivity index (χ3n) is 6.82. The molecule has 5 rings (SSSR count). The van der Waals surface area contributed by atoms with Crippen LogP contribution in [0.5, 0.6) is 0 Å². The average molecular weight is 518 g/mol. The number of benzene rings is 3. The van der Waals surface area contributed by atoms with Gasteiger partial charge in [0.15, 0.2) is 9.84 Å². The third kappa shape index (κ3) is 5.55. The van der Waals surface area contributed by atoms with Crippen LogP contribution in [0.3, 0.4) is 0 Å². The lowest BCUT2D eigenvalue weighted by molar-refractivity contribution is 0.0628. The highest BCUT2D eigenvalue weighted by Crippen LogP contribution is 2.26. The van der Waals surface area contributed by atoms with Crippen molar-refractivity contribution in [2.24, 2.45) is 0 Å². The number of fused-ring (bicyclic) bond motifs is 1. The molecule has 1 aliphatic rings. The van der Waals surface area contributed by atoms with Gasteiger partial charge in [-0.25, -0.2) is 12.8 Å². The Morgan fingerprint density at radius 3 is 2.46 bits per heavy atom. The molecule has 190 valence electrons. The van der Waals surface area contributed by atoms with E-state index in [0.29, 0.717) is 49.4 Å². The number of piperazine rings is 1. The first-order valence-electron chi connectivity index (χ1n) is 12.2. The number of amides is 1. The van der Waals surface area contributed by atoms with Crippen molar-refractivity contribution in [1.82, 2.24) is 14.8 Å². The van der Waals surface area contributed by atoms with Crippen LogP contribution in [-0.4, -0.2) is 55.3 Å². The molecule has 8 heteroatoms. The summed E-state index contributed by atoms with van der Waals surface area (Å²) in [7, 11) is -3.64. The Hall–Kier alpha value is -3.62. The van der Waals surface area contributed by atoms with Crippen molar-refractivity contribution < 1.29 is 17.6 Å². The van der Waals surface area contributed by atoms with Crippen LogP contribution in [0.25, 0.3) is 10.9 Å². The first kappa shape index (κ1) is 25.0. The molecule has 0 atom stereocenters. The molecule has 2 heterocycles. The van der Waals surface area contributed by atoms with Crippen molar-refractivity contribution in [3.63, 3.8) is 0 Å². The number of carbonyl (C=O) groups is 1. The summed E-state index contributed by atoms with van der Waals surface area (Å²) in [5, 5.41) is 0.775. The Morgan fingerprint density at radius 2 is 1.70 bits per heavy atom. The highest BCUT2D eigenvalue weighted by molar-refractivity contribution is 7.90. The minimum Gasteiger partial charge on any atom is -0.336 e. The van der Waals surface area contributed by atoms with Crippen LogP contribution in [0.1, 0.15) is 27.0 Å². The molecule has 37 heavy (non-hydrogen) atoms. The van der Waals surface area contributed by atoms with Crippen LogP contribution < -0.4 is 0 Å². The molecular formula is C29H28FN3O3S. The molecule has 6 nitrogen and oxygen atoms in total. The van der Waals surface area contributed by atoms with Crippen LogP contribution in [0.2, 0.25) is 0 Å². The second-order valence-corrected chi connectivity index (χ2v) is 11.4. The average Bonchev–Trinajstić information content (AvgIpc) is 2.89. The zero-order chi connectivity index (χ0) is 26.0. The molecule has 0 unspecified atom stereocenters. The first-order chi connectivity index (χ1) is 17.8. The number of pyridine rings is 1. The summed E-state index contributed by atoms with van der Waals surface area (Å²) in [6, 6.07) is 20.6. The van der Waals surface area contributed by atoms with Crippen molar-refractivity contribution >= 4 is 26.6 Å². The minimum absolute atomic E-state index is 0.0684. The molecule has 3 aromatic carbocycles. The summed E-state index contributed by atoms with van der Waals surface area (Å²) in [5.41, 5.74) is 3.34. The molecular weight excluding hydrogens is 489 g/mol. The fourth-order valence-corrected chi connectivity index (χ4v) is 6.43. The zero-order valence-electron chi connectivity index (χ0n) is 20.6. The highest BCUT2D eigenvalue weighted by Gasteiger charge is 2.24. The molecule has 1 fully saturated rings. The Labute approximate surface area is 216 Å². The van der Waals surface area contributed by atoms with Crippen molar-refractivity contribution in [3.05, 3.63) is 107 Å². The Balaban J connectivity index is 1.25. The molecule has 0 aliphatic carbocycles. The summed E-state index contributed by atoms with van der Waals surface area (Å²) in [4.78, 5) is 21.7. The number of para-hydroxylation sites is 1. The number of rotatable bonds is 6. The Bertz CT molecular complexity index is 1560. The smallest absolute Gasteiger partial charge is 0.253 e. The van der Waals surface area contributed by atoms with Crippen LogP contribution in [0.15, 0.2) is 83.9 Å². The molecule has 0 saturated carbocycles. The number of nitrogens with zero attached hydrogens (tertiary/aromatic N) is 3. The van der Waals surface area contributed by atoms with Crippen molar-refractivity contribution in [2.75, 3.05) is 26.2 Å². The molecule has 0 spiro atoms. The van der Waals surface area contributed by atoms with Crippen LogP contribution in [0.4, 0.5) is 4.39 Å². The molecule has 0 N–H and O–H groups in total. The monoisotopic (exact) mass is 517 g/mol.